The Morgan fingerprint density at radius 2 is 2.06 bits per heavy atom. The number of carbonyl (C=O) groups is 1. The highest BCUT2D eigenvalue weighted by Crippen LogP contribution is 2.11. The van der Waals surface area contributed by atoms with Gasteiger partial charge in [-0.3, -0.25) is 4.79 Å². The van der Waals surface area contributed by atoms with E-state index < -0.39 is 0 Å². The van der Waals surface area contributed by atoms with Crippen LogP contribution in [0.1, 0.15) is 35.2 Å². The third-order valence-electron chi connectivity index (χ3n) is 3.19. The molecular weight excluding hydrogens is 198 g/mol. The highest BCUT2D eigenvalue weighted by atomic mass is 16.1. The lowest BCUT2D eigenvalue weighted by molar-refractivity contribution is 0.0969. The van der Waals surface area contributed by atoms with E-state index in [0.29, 0.717) is 6.42 Å². The van der Waals surface area contributed by atoms with Crippen LogP contribution in [0.15, 0.2) is 24.3 Å². The van der Waals surface area contributed by atoms with Crippen molar-refractivity contribution in [1.82, 2.24) is 4.90 Å². The topological polar surface area (TPSA) is 20.3 Å². The molecule has 1 aliphatic heterocycles. The SMILES string of the molecule is Cc1cccc(C(=O)CCN2CCCC2)c1. The van der Waals surface area contributed by atoms with E-state index >= 15 is 0 Å². The third-order valence-corrected chi connectivity index (χ3v) is 3.19. The second-order valence-electron chi connectivity index (χ2n) is 4.59. The van der Waals surface area contributed by atoms with Crippen molar-refractivity contribution < 1.29 is 4.79 Å². The average Bonchev–Trinajstić information content (AvgIpc) is 2.78. The molecule has 16 heavy (non-hydrogen) atoms. The molecule has 0 spiro atoms. The predicted octanol–water partition coefficient (Wildman–Crippen LogP) is 2.66. The molecule has 0 radical (unpaired) electrons. The van der Waals surface area contributed by atoms with E-state index in [1.165, 1.54) is 25.9 Å². The van der Waals surface area contributed by atoms with Gasteiger partial charge in [-0.1, -0.05) is 23.8 Å². The van der Waals surface area contributed by atoms with Crippen molar-refractivity contribution in [3.8, 4) is 0 Å². The quantitative estimate of drug-likeness (QED) is 0.723. The summed E-state index contributed by atoms with van der Waals surface area (Å²) in [7, 11) is 0. The molecule has 1 saturated heterocycles. The maximum atomic E-state index is 11.9. The fourth-order valence-electron chi connectivity index (χ4n) is 2.23. The van der Waals surface area contributed by atoms with Crippen LogP contribution in [0.3, 0.4) is 0 Å². The first-order valence-electron chi connectivity index (χ1n) is 6.08. The van der Waals surface area contributed by atoms with Crippen LogP contribution >= 0.6 is 0 Å². The molecule has 0 aliphatic carbocycles. The Morgan fingerprint density at radius 1 is 1.31 bits per heavy atom. The van der Waals surface area contributed by atoms with Crippen LogP contribution in [0.5, 0.6) is 0 Å². The Kier molecular flexibility index (Phi) is 3.73. The van der Waals surface area contributed by atoms with Crippen molar-refractivity contribution in [1.29, 1.82) is 0 Å². The molecule has 1 aromatic carbocycles. The summed E-state index contributed by atoms with van der Waals surface area (Å²) in [5.74, 6) is 0.274. The maximum absolute atomic E-state index is 11.9. The molecule has 1 heterocycles. The smallest absolute Gasteiger partial charge is 0.164 e. The van der Waals surface area contributed by atoms with Gasteiger partial charge in [-0.2, -0.15) is 0 Å². The molecule has 0 unspecified atom stereocenters. The molecule has 1 fully saturated rings. The number of nitrogens with zero attached hydrogens (tertiary/aromatic N) is 1. The van der Waals surface area contributed by atoms with Gasteiger partial charge in [0.2, 0.25) is 0 Å². The average molecular weight is 217 g/mol. The largest absolute Gasteiger partial charge is 0.303 e. The summed E-state index contributed by atoms with van der Waals surface area (Å²) >= 11 is 0. The van der Waals surface area contributed by atoms with E-state index in [2.05, 4.69) is 4.90 Å². The monoisotopic (exact) mass is 217 g/mol. The Morgan fingerprint density at radius 3 is 2.75 bits per heavy atom. The van der Waals surface area contributed by atoms with Crippen LogP contribution in [0.25, 0.3) is 0 Å². The molecule has 0 atom stereocenters. The van der Waals surface area contributed by atoms with Crippen LogP contribution in [0.2, 0.25) is 0 Å². The van der Waals surface area contributed by atoms with Gasteiger partial charge in [-0.05, 0) is 38.9 Å². The molecule has 1 aromatic rings. The third kappa shape index (κ3) is 2.92. The summed E-state index contributed by atoms with van der Waals surface area (Å²) in [6, 6.07) is 7.88. The van der Waals surface area contributed by atoms with Crippen LogP contribution in [-0.4, -0.2) is 30.3 Å². The van der Waals surface area contributed by atoms with Gasteiger partial charge < -0.3 is 4.90 Å². The van der Waals surface area contributed by atoms with Gasteiger partial charge in [-0.25, -0.2) is 0 Å². The number of carbonyl (C=O) groups excluding carboxylic acids is 1. The van der Waals surface area contributed by atoms with Crippen molar-refractivity contribution in [2.75, 3.05) is 19.6 Å². The molecular formula is C14H19NO. The summed E-state index contributed by atoms with van der Waals surface area (Å²) in [6.07, 6.45) is 3.24. The van der Waals surface area contributed by atoms with Crippen molar-refractivity contribution in [3.05, 3.63) is 35.4 Å². The number of benzene rings is 1. The zero-order chi connectivity index (χ0) is 11.4. The van der Waals surface area contributed by atoms with E-state index in [1.807, 2.05) is 31.2 Å². The minimum Gasteiger partial charge on any atom is -0.303 e. The Hall–Kier alpha value is -1.15. The lowest BCUT2D eigenvalue weighted by Gasteiger charge is -2.13. The predicted molar refractivity (Wildman–Crippen MR) is 65.8 cm³/mol. The standard InChI is InChI=1S/C14H19NO/c1-12-5-4-6-13(11-12)14(16)7-10-15-8-2-3-9-15/h4-6,11H,2-3,7-10H2,1H3. The van der Waals surface area contributed by atoms with Gasteiger partial charge in [0.15, 0.2) is 5.78 Å². The first-order chi connectivity index (χ1) is 7.75. The number of Topliss-reactive ketones (excluding diaryl/α,β-unsaturated/α-hetero) is 1. The molecule has 0 saturated carbocycles. The first kappa shape index (κ1) is 11.3. The normalized spacial score (nSPS) is 16.6. The van der Waals surface area contributed by atoms with Crippen LogP contribution in [0.4, 0.5) is 0 Å². The van der Waals surface area contributed by atoms with E-state index in [4.69, 9.17) is 0 Å². The number of hydrogen-bond donors (Lipinski definition) is 0. The second-order valence-corrected chi connectivity index (χ2v) is 4.59. The summed E-state index contributed by atoms with van der Waals surface area (Å²) in [5, 5.41) is 0. The maximum Gasteiger partial charge on any atom is 0.164 e. The minimum absolute atomic E-state index is 0.274. The van der Waals surface area contributed by atoms with E-state index in [-0.39, 0.29) is 5.78 Å². The van der Waals surface area contributed by atoms with Gasteiger partial charge in [0.25, 0.3) is 0 Å². The molecule has 0 aromatic heterocycles. The van der Waals surface area contributed by atoms with E-state index in [0.717, 1.165) is 17.7 Å². The fourth-order valence-corrected chi connectivity index (χ4v) is 2.23. The molecule has 2 nitrogen and oxygen atoms in total. The summed E-state index contributed by atoms with van der Waals surface area (Å²) in [5.41, 5.74) is 2.02. The van der Waals surface area contributed by atoms with Crippen molar-refractivity contribution >= 4 is 5.78 Å². The van der Waals surface area contributed by atoms with Gasteiger partial charge in [0.1, 0.15) is 0 Å². The van der Waals surface area contributed by atoms with Gasteiger partial charge >= 0.3 is 0 Å². The lowest BCUT2D eigenvalue weighted by Crippen LogP contribution is -2.22. The minimum atomic E-state index is 0.274. The Bertz CT molecular complexity index is 367. The number of ketones is 1. The summed E-state index contributed by atoms with van der Waals surface area (Å²) in [4.78, 5) is 14.3. The van der Waals surface area contributed by atoms with Crippen molar-refractivity contribution in [2.45, 2.75) is 26.2 Å². The second kappa shape index (κ2) is 5.26. The molecule has 2 rings (SSSR count). The summed E-state index contributed by atoms with van der Waals surface area (Å²) < 4.78 is 0. The zero-order valence-corrected chi connectivity index (χ0v) is 9.91. The Labute approximate surface area is 97.3 Å². The molecule has 0 amide bonds. The highest BCUT2D eigenvalue weighted by Gasteiger charge is 2.13. The Balaban J connectivity index is 1.87. The highest BCUT2D eigenvalue weighted by molar-refractivity contribution is 5.96. The lowest BCUT2D eigenvalue weighted by atomic mass is 10.1. The number of likely N-dealkylation sites (tertiary alicyclic amines) is 1. The van der Waals surface area contributed by atoms with Crippen LogP contribution in [-0.2, 0) is 0 Å². The molecule has 86 valence electrons. The van der Waals surface area contributed by atoms with Gasteiger partial charge in [0, 0.05) is 18.5 Å². The molecule has 1 aliphatic rings. The molecule has 0 bridgehead atoms. The van der Waals surface area contributed by atoms with Crippen molar-refractivity contribution in [2.24, 2.45) is 0 Å². The van der Waals surface area contributed by atoms with Crippen LogP contribution < -0.4 is 0 Å². The zero-order valence-electron chi connectivity index (χ0n) is 9.91. The summed E-state index contributed by atoms with van der Waals surface area (Å²) in [6.45, 7) is 5.28. The van der Waals surface area contributed by atoms with Gasteiger partial charge in [-0.15, -0.1) is 0 Å². The van der Waals surface area contributed by atoms with Gasteiger partial charge in [0.05, 0.1) is 0 Å². The van der Waals surface area contributed by atoms with E-state index in [9.17, 15) is 4.79 Å². The number of hydrogen-bond acceptors (Lipinski definition) is 2. The van der Waals surface area contributed by atoms with Crippen LogP contribution in [0, 0.1) is 6.92 Å². The van der Waals surface area contributed by atoms with E-state index in [1.54, 1.807) is 0 Å². The number of aryl methyl sites for hydroxylation is 1. The number of rotatable bonds is 4. The molecule has 2 heteroatoms. The molecule has 0 N–H and O–H groups in total. The first-order valence-corrected chi connectivity index (χ1v) is 6.08. The fraction of sp³-hybridized carbons (Fsp3) is 0.500. The van der Waals surface area contributed by atoms with Crippen molar-refractivity contribution in [3.63, 3.8) is 0 Å².